The van der Waals surface area contributed by atoms with E-state index in [9.17, 15) is 9.90 Å². The fourth-order valence-corrected chi connectivity index (χ4v) is 4.02. The average Bonchev–Trinajstić information content (AvgIpc) is 2.86. The van der Waals surface area contributed by atoms with Gasteiger partial charge in [0.15, 0.2) is 0 Å². The Bertz CT molecular complexity index is 1100. The Balaban J connectivity index is 1.65. The summed E-state index contributed by atoms with van der Waals surface area (Å²) >= 11 is 0. The van der Waals surface area contributed by atoms with Gasteiger partial charge in [-0.3, -0.25) is 9.69 Å². The molecule has 1 amide bonds. The third kappa shape index (κ3) is 5.35. The Kier molecular flexibility index (Phi) is 7.39. The molecule has 3 aromatic heterocycles. The fourth-order valence-electron chi connectivity index (χ4n) is 4.02. The number of fused-ring (bicyclic) bond motifs is 1. The van der Waals surface area contributed by atoms with Crippen LogP contribution < -0.4 is 4.74 Å². The maximum absolute atomic E-state index is 13.5. The molecule has 0 unspecified atom stereocenters. The second-order valence-corrected chi connectivity index (χ2v) is 8.77. The van der Waals surface area contributed by atoms with Crippen molar-refractivity contribution in [3.05, 3.63) is 60.8 Å². The van der Waals surface area contributed by atoms with Crippen LogP contribution in [0, 0.1) is 5.92 Å². The van der Waals surface area contributed by atoms with E-state index < -0.39 is 0 Å². The van der Waals surface area contributed by atoms with Gasteiger partial charge in [-0.1, -0.05) is 6.92 Å². The Hall–Kier alpha value is -3.50. The molecule has 0 radical (unpaired) electrons. The second kappa shape index (κ2) is 10.6. The summed E-state index contributed by atoms with van der Waals surface area (Å²) in [5, 5.41) is 9.83. The smallest absolute Gasteiger partial charge is 0.259 e. The minimum atomic E-state index is -0.343. The highest BCUT2D eigenvalue weighted by atomic mass is 16.5. The third-order valence-corrected chi connectivity index (χ3v) is 5.97. The molecule has 178 valence electrons. The lowest BCUT2D eigenvalue weighted by molar-refractivity contribution is 0.0325. The summed E-state index contributed by atoms with van der Waals surface area (Å²) in [5.74, 6) is 0.0705. The minimum absolute atomic E-state index is 0.00423. The molecule has 0 aromatic carbocycles. The van der Waals surface area contributed by atoms with Crippen molar-refractivity contribution in [2.45, 2.75) is 32.5 Å². The van der Waals surface area contributed by atoms with E-state index in [1.165, 1.54) is 12.7 Å². The number of likely N-dealkylation sites (N-methyl/N-ethyl adjacent to an activating group) is 1. The zero-order valence-electron chi connectivity index (χ0n) is 19.6. The lowest BCUT2D eigenvalue weighted by atomic mass is 9.99. The molecule has 0 spiro atoms. The van der Waals surface area contributed by atoms with Crippen molar-refractivity contribution in [1.29, 1.82) is 0 Å². The predicted molar refractivity (Wildman–Crippen MR) is 125 cm³/mol. The Labute approximate surface area is 198 Å². The van der Waals surface area contributed by atoms with E-state index in [0.29, 0.717) is 25.2 Å². The van der Waals surface area contributed by atoms with Gasteiger partial charge in [0.1, 0.15) is 24.3 Å². The van der Waals surface area contributed by atoms with Crippen molar-refractivity contribution in [3.8, 4) is 17.0 Å². The van der Waals surface area contributed by atoms with E-state index in [1.54, 1.807) is 42.0 Å². The SMILES string of the molecule is C[C@H]1CN([C@@H](C)CO)C(=O)c2cc(-c3cncnc3)cnc2O[C@H]1CN(C)Cc1cncnc1. The van der Waals surface area contributed by atoms with Gasteiger partial charge < -0.3 is 14.7 Å². The molecule has 4 heterocycles. The van der Waals surface area contributed by atoms with Gasteiger partial charge in [-0.05, 0) is 20.0 Å². The maximum Gasteiger partial charge on any atom is 0.259 e. The number of rotatable bonds is 7. The van der Waals surface area contributed by atoms with Crippen LogP contribution in [0.3, 0.4) is 0 Å². The Morgan fingerprint density at radius 2 is 1.79 bits per heavy atom. The molecular formula is C24H29N7O3. The van der Waals surface area contributed by atoms with E-state index >= 15 is 0 Å². The van der Waals surface area contributed by atoms with Crippen LogP contribution in [0.15, 0.2) is 49.7 Å². The quantitative estimate of drug-likeness (QED) is 0.558. The van der Waals surface area contributed by atoms with Gasteiger partial charge in [-0.15, -0.1) is 0 Å². The van der Waals surface area contributed by atoms with E-state index in [4.69, 9.17) is 4.74 Å². The summed E-state index contributed by atoms with van der Waals surface area (Å²) in [4.78, 5) is 38.2. The van der Waals surface area contributed by atoms with Crippen LogP contribution in [0.4, 0.5) is 0 Å². The van der Waals surface area contributed by atoms with Crippen molar-refractivity contribution in [2.24, 2.45) is 5.92 Å². The third-order valence-electron chi connectivity index (χ3n) is 5.97. The van der Waals surface area contributed by atoms with Crippen LogP contribution in [0.2, 0.25) is 0 Å². The minimum Gasteiger partial charge on any atom is -0.472 e. The van der Waals surface area contributed by atoms with Gasteiger partial charge in [0, 0.05) is 73.2 Å². The molecule has 0 aliphatic carbocycles. The maximum atomic E-state index is 13.5. The van der Waals surface area contributed by atoms with Crippen molar-refractivity contribution < 1.29 is 14.6 Å². The van der Waals surface area contributed by atoms with Gasteiger partial charge in [0.2, 0.25) is 5.88 Å². The first-order valence-electron chi connectivity index (χ1n) is 11.2. The van der Waals surface area contributed by atoms with Crippen molar-refractivity contribution >= 4 is 5.91 Å². The number of pyridine rings is 1. The van der Waals surface area contributed by atoms with Gasteiger partial charge >= 0.3 is 0 Å². The standard InChI is InChI=1S/C24H29N7O3/c1-16-10-31(17(2)13-32)24(33)21-4-19(20-7-27-15-28-8-20)9-29-23(21)34-22(16)12-30(3)11-18-5-25-14-26-6-18/h4-9,14-17,22,32H,10-13H2,1-3H3/t16-,17-,22-/m0/s1. The van der Waals surface area contributed by atoms with Crippen LogP contribution in [-0.2, 0) is 6.54 Å². The molecule has 3 aromatic rings. The lowest BCUT2D eigenvalue weighted by Crippen LogP contribution is -2.49. The largest absolute Gasteiger partial charge is 0.472 e. The van der Waals surface area contributed by atoms with E-state index in [0.717, 1.165) is 16.7 Å². The molecule has 34 heavy (non-hydrogen) atoms. The highest BCUT2D eigenvalue weighted by Gasteiger charge is 2.34. The number of hydrogen-bond donors (Lipinski definition) is 1. The number of carbonyl (C=O) groups excluding carboxylic acids is 1. The Morgan fingerprint density at radius 3 is 2.47 bits per heavy atom. The average molecular weight is 464 g/mol. The number of nitrogens with zero attached hydrogens (tertiary/aromatic N) is 7. The summed E-state index contributed by atoms with van der Waals surface area (Å²) < 4.78 is 6.36. The van der Waals surface area contributed by atoms with Gasteiger partial charge in [-0.25, -0.2) is 24.9 Å². The topological polar surface area (TPSA) is 117 Å². The van der Waals surface area contributed by atoms with Gasteiger partial charge in [-0.2, -0.15) is 0 Å². The van der Waals surface area contributed by atoms with Crippen molar-refractivity contribution in [2.75, 3.05) is 26.7 Å². The number of aromatic nitrogens is 5. The summed E-state index contributed by atoms with van der Waals surface area (Å²) in [7, 11) is 2.01. The van der Waals surface area contributed by atoms with E-state index in [1.807, 2.05) is 14.0 Å². The Morgan fingerprint density at radius 1 is 1.12 bits per heavy atom. The molecule has 3 atom stereocenters. The first-order chi connectivity index (χ1) is 16.5. The first-order valence-corrected chi connectivity index (χ1v) is 11.2. The van der Waals surface area contributed by atoms with Crippen LogP contribution in [0.25, 0.3) is 11.1 Å². The summed E-state index contributed by atoms with van der Waals surface area (Å²) in [6, 6.07) is 1.42. The second-order valence-electron chi connectivity index (χ2n) is 8.77. The van der Waals surface area contributed by atoms with Crippen LogP contribution in [0.5, 0.6) is 5.88 Å². The molecule has 10 heteroatoms. The lowest BCUT2D eigenvalue weighted by Gasteiger charge is -2.37. The highest BCUT2D eigenvalue weighted by Crippen LogP contribution is 2.30. The highest BCUT2D eigenvalue weighted by molar-refractivity contribution is 5.98. The number of amides is 1. The number of ether oxygens (including phenoxy) is 1. The molecule has 4 rings (SSSR count). The van der Waals surface area contributed by atoms with Crippen molar-refractivity contribution in [3.63, 3.8) is 0 Å². The molecule has 0 saturated carbocycles. The summed E-state index contributed by atoms with van der Waals surface area (Å²) in [6.07, 6.45) is 11.3. The van der Waals surface area contributed by atoms with Crippen LogP contribution in [0.1, 0.15) is 29.8 Å². The number of aliphatic hydroxyl groups excluding tert-OH is 1. The molecule has 10 nitrogen and oxygen atoms in total. The van der Waals surface area contributed by atoms with E-state index in [-0.39, 0.29) is 36.5 Å². The van der Waals surface area contributed by atoms with Crippen LogP contribution in [-0.4, -0.2) is 84.6 Å². The molecule has 1 aliphatic rings. The predicted octanol–water partition coefficient (Wildman–Crippen LogP) is 1.68. The van der Waals surface area contributed by atoms with Crippen LogP contribution >= 0.6 is 0 Å². The summed E-state index contributed by atoms with van der Waals surface area (Å²) in [5.41, 5.74) is 2.84. The number of aliphatic hydroxyl groups is 1. The molecule has 1 aliphatic heterocycles. The monoisotopic (exact) mass is 463 g/mol. The normalized spacial score (nSPS) is 19.2. The van der Waals surface area contributed by atoms with Gasteiger partial charge in [0.25, 0.3) is 5.91 Å². The summed E-state index contributed by atoms with van der Waals surface area (Å²) in [6.45, 7) is 5.48. The first kappa shape index (κ1) is 23.7. The zero-order valence-corrected chi connectivity index (χ0v) is 19.6. The molecular weight excluding hydrogens is 434 g/mol. The van der Waals surface area contributed by atoms with Crippen molar-refractivity contribution in [1.82, 2.24) is 34.7 Å². The number of hydrogen-bond acceptors (Lipinski definition) is 9. The molecule has 1 N–H and O–H groups in total. The van der Waals surface area contributed by atoms with Gasteiger partial charge in [0.05, 0.1) is 12.6 Å². The zero-order chi connectivity index (χ0) is 24.1. The molecule has 0 bridgehead atoms. The number of carbonyl (C=O) groups is 1. The molecule has 0 saturated heterocycles. The fraction of sp³-hybridized carbons (Fsp3) is 0.417. The molecule has 0 fully saturated rings. The van der Waals surface area contributed by atoms with E-state index in [2.05, 4.69) is 36.7 Å².